The van der Waals surface area contributed by atoms with Crippen LogP contribution in [0.3, 0.4) is 0 Å². The van der Waals surface area contributed by atoms with Crippen LogP contribution in [0.4, 0.5) is 0 Å². The molecule has 1 saturated heterocycles. The van der Waals surface area contributed by atoms with Crippen molar-refractivity contribution in [3.8, 4) is 0 Å². The Morgan fingerprint density at radius 1 is 1.38 bits per heavy atom. The minimum Gasteiger partial charge on any atom is -0.460 e. The molecule has 0 spiro atoms. The number of cyclic esters (lactones) is 1. The van der Waals surface area contributed by atoms with Crippen LogP contribution in [0, 0.1) is 0 Å². The molecule has 0 unspecified atom stereocenters. The predicted octanol–water partition coefficient (Wildman–Crippen LogP) is 3.10. The van der Waals surface area contributed by atoms with Crippen molar-refractivity contribution in [2.24, 2.45) is 0 Å². The fourth-order valence-electron chi connectivity index (χ4n) is 1.55. The Balaban J connectivity index is 2.64. The van der Waals surface area contributed by atoms with Crippen LogP contribution in [0.5, 0.6) is 0 Å². The Bertz CT molecular complexity index is 268. The minimum absolute atomic E-state index is 0.0820. The Morgan fingerprint density at radius 2 is 1.94 bits per heavy atom. The number of rotatable bonds is 2. The third kappa shape index (κ3) is 3.07. The van der Waals surface area contributed by atoms with Gasteiger partial charge in [-0.3, -0.25) is 4.79 Å². The van der Waals surface area contributed by atoms with E-state index in [2.05, 4.69) is 33.9 Å². The molecule has 0 aromatic carbocycles. The van der Waals surface area contributed by atoms with Crippen molar-refractivity contribution in [2.45, 2.75) is 70.9 Å². The number of hydrogen-bond acceptors (Lipinski definition) is 3. The quantitative estimate of drug-likeness (QED) is 0.553. The second-order valence-corrected chi connectivity index (χ2v) is 10.9. The van der Waals surface area contributed by atoms with Crippen LogP contribution in [-0.2, 0) is 14.0 Å². The third-order valence-electron chi connectivity index (χ3n) is 3.73. The molecule has 0 aromatic heterocycles. The molecule has 0 aromatic rings. The fraction of sp³-hybridized carbons (Fsp3) is 0.917. The normalized spacial score (nSPS) is 27.8. The summed E-state index contributed by atoms with van der Waals surface area (Å²) in [6.07, 6.45) is 1.27. The number of carbonyl (C=O) groups excluding carboxylic acids is 1. The lowest BCUT2D eigenvalue weighted by Gasteiger charge is -2.41. The first-order chi connectivity index (χ1) is 7.13. The Hall–Kier alpha value is -0.353. The molecule has 0 bridgehead atoms. The highest BCUT2D eigenvalue weighted by atomic mass is 28.4. The Labute approximate surface area is 99.6 Å². The van der Waals surface area contributed by atoms with Gasteiger partial charge in [0.15, 0.2) is 8.32 Å². The maximum Gasteiger partial charge on any atom is 0.306 e. The van der Waals surface area contributed by atoms with Crippen molar-refractivity contribution in [3.63, 3.8) is 0 Å². The molecule has 0 saturated carbocycles. The largest absolute Gasteiger partial charge is 0.460 e. The van der Waals surface area contributed by atoms with Crippen molar-refractivity contribution in [2.75, 3.05) is 0 Å². The van der Waals surface area contributed by atoms with E-state index in [1.165, 1.54) is 0 Å². The maximum absolute atomic E-state index is 11.1. The summed E-state index contributed by atoms with van der Waals surface area (Å²) in [5.74, 6) is -0.0948. The van der Waals surface area contributed by atoms with Crippen LogP contribution in [0.25, 0.3) is 0 Å². The van der Waals surface area contributed by atoms with Gasteiger partial charge >= 0.3 is 5.97 Å². The van der Waals surface area contributed by atoms with E-state index < -0.39 is 8.32 Å². The molecule has 16 heavy (non-hydrogen) atoms. The number of hydrogen-bond donors (Lipinski definition) is 0. The molecule has 1 heterocycles. The van der Waals surface area contributed by atoms with E-state index in [-0.39, 0.29) is 23.2 Å². The van der Waals surface area contributed by atoms with Gasteiger partial charge in [-0.25, -0.2) is 0 Å². The second-order valence-electron chi connectivity index (χ2n) is 6.15. The van der Waals surface area contributed by atoms with E-state index in [9.17, 15) is 4.79 Å². The lowest BCUT2D eigenvalue weighted by atomic mass is 10.1. The van der Waals surface area contributed by atoms with Gasteiger partial charge in [-0.2, -0.15) is 0 Å². The fourth-order valence-corrected chi connectivity index (χ4v) is 2.97. The highest BCUT2D eigenvalue weighted by molar-refractivity contribution is 6.74. The zero-order chi connectivity index (χ0) is 12.6. The molecular weight excluding hydrogens is 220 g/mol. The zero-order valence-corrected chi connectivity index (χ0v) is 12.3. The van der Waals surface area contributed by atoms with Crippen molar-refractivity contribution < 1.29 is 14.0 Å². The second kappa shape index (κ2) is 4.49. The summed E-state index contributed by atoms with van der Waals surface area (Å²) in [6.45, 7) is 13.1. The van der Waals surface area contributed by atoms with Gasteiger partial charge in [0.1, 0.15) is 6.10 Å². The summed E-state index contributed by atoms with van der Waals surface area (Å²) in [5, 5.41) is 0.203. The molecule has 4 heteroatoms. The van der Waals surface area contributed by atoms with Crippen molar-refractivity contribution in [1.29, 1.82) is 0 Å². The first-order valence-electron chi connectivity index (χ1n) is 6.01. The van der Waals surface area contributed by atoms with E-state index in [0.29, 0.717) is 6.42 Å². The molecule has 1 fully saturated rings. The number of carbonyl (C=O) groups is 1. The molecule has 1 rings (SSSR count). The molecule has 0 amide bonds. The summed E-state index contributed by atoms with van der Waals surface area (Å²) in [4.78, 5) is 11.1. The minimum atomic E-state index is -1.75. The van der Waals surface area contributed by atoms with Crippen LogP contribution in [0.15, 0.2) is 0 Å². The van der Waals surface area contributed by atoms with Gasteiger partial charge in [-0.15, -0.1) is 0 Å². The van der Waals surface area contributed by atoms with E-state index >= 15 is 0 Å². The maximum atomic E-state index is 11.1. The van der Waals surface area contributed by atoms with Crippen LogP contribution < -0.4 is 0 Å². The van der Waals surface area contributed by atoms with Crippen LogP contribution in [0.2, 0.25) is 18.1 Å². The summed E-state index contributed by atoms with van der Waals surface area (Å²) >= 11 is 0. The Morgan fingerprint density at radius 3 is 2.38 bits per heavy atom. The lowest BCUT2D eigenvalue weighted by Crippen LogP contribution is -2.48. The molecule has 0 radical (unpaired) electrons. The van der Waals surface area contributed by atoms with Gasteiger partial charge in [-0.1, -0.05) is 20.8 Å². The highest BCUT2D eigenvalue weighted by Gasteiger charge is 2.41. The van der Waals surface area contributed by atoms with Crippen molar-refractivity contribution in [3.05, 3.63) is 0 Å². The van der Waals surface area contributed by atoms with Crippen molar-refractivity contribution in [1.82, 2.24) is 0 Å². The SMILES string of the molecule is C[C@@H]1OC(=O)CC[C@H]1O[Si](C)(C)C(C)(C)C. The molecule has 0 aliphatic carbocycles. The summed E-state index contributed by atoms with van der Waals surface area (Å²) < 4.78 is 11.5. The molecular formula is C12H24O3Si. The molecule has 3 nitrogen and oxygen atoms in total. The Kier molecular flexibility index (Phi) is 3.85. The van der Waals surface area contributed by atoms with Gasteiger partial charge in [0.05, 0.1) is 6.10 Å². The third-order valence-corrected chi connectivity index (χ3v) is 8.23. The standard InChI is InChI=1S/C12H24O3Si/c1-9-10(7-8-11(13)14-9)15-16(5,6)12(2,3)4/h9-10H,7-8H2,1-6H3/t9-,10+/m0/s1. The van der Waals surface area contributed by atoms with E-state index in [4.69, 9.17) is 9.16 Å². The lowest BCUT2D eigenvalue weighted by molar-refractivity contribution is -0.160. The highest BCUT2D eigenvalue weighted by Crippen LogP contribution is 2.38. The molecule has 2 atom stereocenters. The van der Waals surface area contributed by atoms with Crippen molar-refractivity contribution >= 4 is 14.3 Å². The van der Waals surface area contributed by atoms with Gasteiger partial charge in [0.2, 0.25) is 0 Å². The topological polar surface area (TPSA) is 35.5 Å². The van der Waals surface area contributed by atoms with Gasteiger partial charge in [-0.05, 0) is 31.5 Å². The zero-order valence-electron chi connectivity index (χ0n) is 11.3. The summed E-state index contributed by atoms with van der Waals surface area (Å²) in [7, 11) is -1.75. The smallest absolute Gasteiger partial charge is 0.306 e. The number of esters is 1. The monoisotopic (exact) mass is 244 g/mol. The van der Waals surface area contributed by atoms with Crippen LogP contribution in [0.1, 0.15) is 40.5 Å². The molecule has 1 aliphatic heterocycles. The van der Waals surface area contributed by atoms with E-state index in [1.807, 2.05) is 6.92 Å². The van der Waals surface area contributed by atoms with E-state index in [0.717, 1.165) is 6.42 Å². The van der Waals surface area contributed by atoms with Gasteiger partial charge in [0, 0.05) is 6.42 Å². The van der Waals surface area contributed by atoms with Crippen LogP contribution in [-0.4, -0.2) is 26.5 Å². The predicted molar refractivity (Wildman–Crippen MR) is 66.9 cm³/mol. The first kappa shape index (κ1) is 13.7. The average Bonchev–Trinajstić information content (AvgIpc) is 2.08. The van der Waals surface area contributed by atoms with Crippen LogP contribution >= 0.6 is 0 Å². The van der Waals surface area contributed by atoms with Gasteiger partial charge < -0.3 is 9.16 Å². The summed E-state index contributed by atoms with van der Waals surface area (Å²) in [6, 6.07) is 0. The van der Waals surface area contributed by atoms with Gasteiger partial charge in [0.25, 0.3) is 0 Å². The molecule has 0 N–H and O–H groups in total. The molecule has 94 valence electrons. The average molecular weight is 244 g/mol. The number of ether oxygens (including phenoxy) is 1. The molecule has 1 aliphatic rings. The summed E-state index contributed by atoms with van der Waals surface area (Å²) in [5.41, 5.74) is 0. The first-order valence-corrected chi connectivity index (χ1v) is 8.91. The van der Waals surface area contributed by atoms with E-state index in [1.54, 1.807) is 0 Å².